The van der Waals surface area contributed by atoms with Crippen LogP contribution in [0.5, 0.6) is 0 Å². The highest BCUT2D eigenvalue weighted by Crippen LogP contribution is 2.17. The van der Waals surface area contributed by atoms with E-state index in [1.54, 1.807) is 19.0 Å². The Balaban J connectivity index is 2.71. The zero-order chi connectivity index (χ0) is 15.8. The summed E-state index contributed by atoms with van der Waals surface area (Å²) >= 11 is 0. The summed E-state index contributed by atoms with van der Waals surface area (Å²) in [5.41, 5.74) is 0. The van der Waals surface area contributed by atoms with Crippen LogP contribution in [-0.4, -0.2) is 48.0 Å². The molecule has 1 amide bonds. The molecule has 0 saturated carbocycles. The molecule has 21 heavy (non-hydrogen) atoms. The Labute approximate surface area is 127 Å². The third-order valence-corrected chi connectivity index (χ3v) is 2.96. The van der Waals surface area contributed by atoms with Gasteiger partial charge < -0.3 is 15.5 Å². The van der Waals surface area contributed by atoms with Crippen molar-refractivity contribution in [3.8, 4) is 0 Å². The van der Waals surface area contributed by atoms with Gasteiger partial charge in [0.2, 0.25) is 5.91 Å². The quantitative estimate of drug-likeness (QED) is 0.769. The van der Waals surface area contributed by atoms with Crippen LogP contribution in [0.15, 0.2) is 6.07 Å². The van der Waals surface area contributed by atoms with Gasteiger partial charge in [0.1, 0.15) is 17.5 Å². The third-order valence-electron chi connectivity index (χ3n) is 2.96. The minimum absolute atomic E-state index is 0.102. The molecular formula is C15H27N5O. The third kappa shape index (κ3) is 5.97. The van der Waals surface area contributed by atoms with Gasteiger partial charge in [-0.1, -0.05) is 20.8 Å². The topological polar surface area (TPSA) is 70.2 Å². The standard InChI is InChI=1S/C15H27N5O/c1-6-8-16-12-10-13(19-15(18-12)11(2)3)17-9-7-14(21)20(4)5/h10-11H,6-9H2,1-5H3,(H2,16,17,18,19). The van der Waals surface area contributed by atoms with Gasteiger partial charge in [0.15, 0.2) is 0 Å². The molecule has 0 radical (unpaired) electrons. The van der Waals surface area contributed by atoms with E-state index in [4.69, 9.17) is 0 Å². The van der Waals surface area contributed by atoms with E-state index in [0.29, 0.717) is 13.0 Å². The second kappa shape index (κ2) is 8.44. The normalized spacial score (nSPS) is 10.6. The van der Waals surface area contributed by atoms with Crippen LogP contribution in [0.3, 0.4) is 0 Å². The van der Waals surface area contributed by atoms with E-state index < -0.39 is 0 Å². The molecule has 0 spiro atoms. The Morgan fingerprint density at radius 2 is 1.76 bits per heavy atom. The first-order chi connectivity index (χ1) is 9.93. The molecule has 0 bridgehead atoms. The van der Waals surface area contributed by atoms with Crippen molar-refractivity contribution in [1.82, 2.24) is 14.9 Å². The van der Waals surface area contributed by atoms with E-state index in [9.17, 15) is 4.79 Å². The summed E-state index contributed by atoms with van der Waals surface area (Å²) in [6, 6.07) is 1.89. The van der Waals surface area contributed by atoms with E-state index in [1.165, 1.54) is 0 Å². The van der Waals surface area contributed by atoms with Crippen LogP contribution in [0.25, 0.3) is 0 Å². The fourth-order valence-electron chi connectivity index (χ4n) is 1.68. The average Bonchev–Trinajstić information content (AvgIpc) is 2.44. The van der Waals surface area contributed by atoms with Crippen molar-refractivity contribution in [2.24, 2.45) is 0 Å². The lowest BCUT2D eigenvalue weighted by Gasteiger charge is -2.13. The molecule has 1 heterocycles. The summed E-state index contributed by atoms with van der Waals surface area (Å²) in [5, 5.41) is 6.49. The van der Waals surface area contributed by atoms with Crippen molar-refractivity contribution >= 4 is 17.5 Å². The molecule has 6 nitrogen and oxygen atoms in total. The maximum absolute atomic E-state index is 11.6. The zero-order valence-corrected chi connectivity index (χ0v) is 13.7. The number of anilines is 2. The number of hydrogen-bond donors (Lipinski definition) is 2. The van der Waals surface area contributed by atoms with Crippen molar-refractivity contribution < 1.29 is 4.79 Å². The molecule has 1 rings (SSSR count). The van der Waals surface area contributed by atoms with Crippen molar-refractivity contribution in [2.45, 2.75) is 39.5 Å². The van der Waals surface area contributed by atoms with Crippen LogP contribution in [0.2, 0.25) is 0 Å². The number of rotatable bonds is 8. The predicted octanol–water partition coefficient (Wildman–Crippen LogP) is 2.31. The molecule has 2 N–H and O–H groups in total. The maximum atomic E-state index is 11.6. The summed E-state index contributed by atoms with van der Waals surface area (Å²) in [5.74, 6) is 2.76. The van der Waals surface area contributed by atoms with Gasteiger partial charge in [0.05, 0.1) is 0 Å². The highest BCUT2D eigenvalue weighted by atomic mass is 16.2. The van der Waals surface area contributed by atoms with E-state index in [1.807, 2.05) is 6.07 Å². The van der Waals surface area contributed by atoms with Crippen LogP contribution in [0.4, 0.5) is 11.6 Å². The van der Waals surface area contributed by atoms with Crippen molar-refractivity contribution in [1.29, 1.82) is 0 Å². The Bertz CT molecular complexity index is 459. The second-order valence-corrected chi connectivity index (χ2v) is 5.54. The minimum Gasteiger partial charge on any atom is -0.370 e. The average molecular weight is 293 g/mol. The van der Waals surface area contributed by atoms with E-state index in [0.717, 1.165) is 30.4 Å². The minimum atomic E-state index is 0.102. The fraction of sp³-hybridized carbons (Fsp3) is 0.667. The van der Waals surface area contributed by atoms with Gasteiger partial charge in [-0.05, 0) is 6.42 Å². The van der Waals surface area contributed by atoms with Gasteiger partial charge in [-0.25, -0.2) is 9.97 Å². The first kappa shape index (κ1) is 17.2. The Hall–Kier alpha value is -1.85. The largest absolute Gasteiger partial charge is 0.370 e. The van der Waals surface area contributed by atoms with Crippen LogP contribution < -0.4 is 10.6 Å². The summed E-state index contributed by atoms with van der Waals surface area (Å²) in [6.45, 7) is 7.70. The lowest BCUT2D eigenvalue weighted by molar-refractivity contribution is -0.128. The molecule has 0 aromatic carbocycles. The number of nitrogens with one attached hydrogen (secondary N) is 2. The monoisotopic (exact) mass is 293 g/mol. The first-order valence-electron chi connectivity index (χ1n) is 7.51. The molecule has 0 aliphatic carbocycles. The van der Waals surface area contributed by atoms with Crippen LogP contribution >= 0.6 is 0 Å². The highest BCUT2D eigenvalue weighted by Gasteiger charge is 2.09. The van der Waals surface area contributed by atoms with Crippen molar-refractivity contribution in [3.05, 3.63) is 11.9 Å². The molecule has 1 aromatic rings. The van der Waals surface area contributed by atoms with Crippen LogP contribution in [0, 0.1) is 0 Å². The second-order valence-electron chi connectivity index (χ2n) is 5.54. The van der Waals surface area contributed by atoms with Gasteiger partial charge in [-0.3, -0.25) is 4.79 Å². The fourth-order valence-corrected chi connectivity index (χ4v) is 1.68. The molecular weight excluding hydrogens is 266 g/mol. The number of carbonyl (C=O) groups excluding carboxylic acids is 1. The number of aromatic nitrogens is 2. The molecule has 6 heteroatoms. The van der Waals surface area contributed by atoms with Gasteiger partial charge in [0, 0.05) is 45.6 Å². The van der Waals surface area contributed by atoms with E-state index in [-0.39, 0.29) is 11.8 Å². The molecule has 0 aliphatic rings. The number of amides is 1. The van der Waals surface area contributed by atoms with Crippen LogP contribution in [0.1, 0.15) is 45.4 Å². The van der Waals surface area contributed by atoms with Crippen LogP contribution in [-0.2, 0) is 4.79 Å². The molecule has 0 atom stereocenters. The van der Waals surface area contributed by atoms with E-state index >= 15 is 0 Å². The zero-order valence-electron chi connectivity index (χ0n) is 13.7. The molecule has 0 aliphatic heterocycles. The van der Waals surface area contributed by atoms with Gasteiger partial charge in [0.25, 0.3) is 0 Å². The Morgan fingerprint density at radius 1 is 1.19 bits per heavy atom. The molecule has 1 aromatic heterocycles. The number of carbonyl (C=O) groups is 1. The number of hydrogen-bond acceptors (Lipinski definition) is 5. The SMILES string of the molecule is CCCNc1cc(NCCC(=O)N(C)C)nc(C(C)C)n1. The highest BCUT2D eigenvalue weighted by molar-refractivity contribution is 5.76. The number of nitrogens with zero attached hydrogens (tertiary/aromatic N) is 3. The van der Waals surface area contributed by atoms with Crippen molar-refractivity contribution in [2.75, 3.05) is 37.8 Å². The summed E-state index contributed by atoms with van der Waals surface area (Å²) in [6.07, 6.45) is 1.49. The van der Waals surface area contributed by atoms with Gasteiger partial charge in [-0.15, -0.1) is 0 Å². The molecule has 0 saturated heterocycles. The lowest BCUT2D eigenvalue weighted by atomic mass is 10.2. The van der Waals surface area contributed by atoms with Gasteiger partial charge in [-0.2, -0.15) is 0 Å². The molecule has 0 fully saturated rings. The summed E-state index contributed by atoms with van der Waals surface area (Å²) in [7, 11) is 3.52. The summed E-state index contributed by atoms with van der Waals surface area (Å²) in [4.78, 5) is 22.2. The predicted molar refractivity (Wildman–Crippen MR) is 86.7 cm³/mol. The Morgan fingerprint density at radius 3 is 2.24 bits per heavy atom. The first-order valence-corrected chi connectivity index (χ1v) is 7.51. The Kier molecular flexibility index (Phi) is 6.91. The lowest BCUT2D eigenvalue weighted by Crippen LogP contribution is -2.24. The molecule has 118 valence electrons. The molecule has 0 unspecified atom stereocenters. The van der Waals surface area contributed by atoms with E-state index in [2.05, 4.69) is 41.4 Å². The van der Waals surface area contributed by atoms with Gasteiger partial charge >= 0.3 is 0 Å². The smallest absolute Gasteiger partial charge is 0.223 e. The maximum Gasteiger partial charge on any atom is 0.223 e. The van der Waals surface area contributed by atoms with Crippen molar-refractivity contribution in [3.63, 3.8) is 0 Å². The summed E-state index contributed by atoms with van der Waals surface area (Å²) < 4.78 is 0.